The summed E-state index contributed by atoms with van der Waals surface area (Å²) in [5, 5.41) is 10.8. The van der Waals surface area contributed by atoms with Crippen LogP contribution in [0.1, 0.15) is 29.5 Å². The lowest BCUT2D eigenvalue weighted by Crippen LogP contribution is -2.38. The summed E-state index contributed by atoms with van der Waals surface area (Å²) in [4.78, 5) is 12.9. The molecule has 134 valence electrons. The van der Waals surface area contributed by atoms with Gasteiger partial charge in [-0.1, -0.05) is 18.2 Å². The molecule has 2 aliphatic rings. The molecule has 2 aliphatic heterocycles. The van der Waals surface area contributed by atoms with Gasteiger partial charge < -0.3 is 15.4 Å². The van der Waals surface area contributed by atoms with Crippen molar-refractivity contribution in [3.63, 3.8) is 0 Å². The van der Waals surface area contributed by atoms with Crippen LogP contribution in [-0.2, 0) is 11.8 Å². The molecule has 25 heavy (non-hydrogen) atoms. The van der Waals surface area contributed by atoms with Crippen molar-refractivity contribution in [2.75, 3.05) is 19.7 Å². The number of para-hydroxylation sites is 1. The number of nitrogens with zero attached hydrogens (tertiary/aromatic N) is 2. The van der Waals surface area contributed by atoms with E-state index in [1.54, 1.807) is 4.68 Å². The quantitative estimate of drug-likeness (QED) is 0.873. The predicted octanol–water partition coefficient (Wildman–Crippen LogP) is 1.78. The Morgan fingerprint density at radius 1 is 1.36 bits per heavy atom. The largest absolute Gasteiger partial charge is 0.493 e. The van der Waals surface area contributed by atoms with Crippen molar-refractivity contribution in [2.45, 2.75) is 18.4 Å². The lowest BCUT2D eigenvalue weighted by molar-refractivity contribution is -0.125. The van der Waals surface area contributed by atoms with Gasteiger partial charge >= 0.3 is 0 Å². The third-order valence-corrected chi connectivity index (χ3v) is 4.98. The van der Waals surface area contributed by atoms with E-state index < -0.39 is 0 Å². The molecule has 1 aromatic carbocycles. The number of ether oxygens (including phenoxy) is 1. The number of carbonyl (C=O) groups is 1. The van der Waals surface area contributed by atoms with Gasteiger partial charge in [0.2, 0.25) is 5.91 Å². The van der Waals surface area contributed by atoms with Crippen molar-refractivity contribution < 1.29 is 9.53 Å². The Kier molecular flexibility index (Phi) is 5.30. The van der Waals surface area contributed by atoms with E-state index in [-0.39, 0.29) is 36.2 Å². The van der Waals surface area contributed by atoms with Crippen molar-refractivity contribution in [3.05, 3.63) is 47.8 Å². The van der Waals surface area contributed by atoms with Gasteiger partial charge in [0.15, 0.2) is 0 Å². The van der Waals surface area contributed by atoms with Crippen LogP contribution in [0.4, 0.5) is 0 Å². The van der Waals surface area contributed by atoms with Gasteiger partial charge in [0.1, 0.15) is 5.75 Å². The zero-order valence-corrected chi connectivity index (χ0v) is 15.0. The standard InChI is InChI=1S/C18H22N4O2.ClH/c1-22-11-12(8-20-22)14-9-19-10-15(14)18(23)21-16-6-7-24-17-5-3-2-4-13(16)17;/h2-5,8,11,14-16,19H,6-7,9-10H2,1H3,(H,21,23);1H/t14-,15+,16?;/m1./s1. The number of aryl methyl sites for hydroxylation is 1. The molecule has 1 unspecified atom stereocenters. The molecule has 0 aliphatic carbocycles. The van der Waals surface area contributed by atoms with Crippen LogP contribution in [0.25, 0.3) is 0 Å². The molecule has 2 N–H and O–H groups in total. The number of amides is 1. The van der Waals surface area contributed by atoms with Crippen LogP contribution in [0, 0.1) is 5.92 Å². The minimum Gasteiger partial charge on any atom is -0.493 e. The maximum atomic E-state index is 12.9. The van der Waals surface area contributed by atoms with E-state index in [2.05, 4.69) is 15.7 Å². The fraction of sp³-hybridized carbons (Fsp3) is 0.444. The summed E-state index contributed by atoms with van der Waals surface area (Å²) in [6, 6.07) is 7.97. The van der Waals surface area contributed by atoms with Gasteiger partial charge in [0.05, 0.1) is 24.8 Å². The van der Waals surface area contributed by atoms with Gasteiger partial charge in [0, 0.05) is 44.2 Å². The predicted molar refractivity (Wildman–Crippen MR) is 97.0 cm³/mol. The third-order valence-electron chi connectivity index (χ3n) is 4.98. The molecule has 0 saturated carbocycles. The SMILES string of the molecule is Cl.Cn1cc([C@H]2CNC[C@@H]2C(=O)NC2CCOc3ccccc32)cn1. The van der Waals surface area contributed by atoms with Crippen LogP contribution in [0.5, 0.6) is 5.75 Å². The van der Waals surface area contributed by atoms with Crippen LogP contribution in [0.15, 0.2) is 36.7 Å². The molecule has 1 fully saturated rings. The fourth-order valence-corrected chi connectivity index (χ4v) is 3.71. The Balaban J connectivity index is 0.00000182. The second-order valence-corrected chi connectivity index (χ2v) is 6.55. The summed E-state index contributed by atoms with van der Waals surface area (Å²) in [5.41, 5.74) is 2.19. The first-order valence-corrected chi connectivity index (χ1v) is 8.44. The molecule has 3 heterocycles. The fourth-order valence-electron chi connectivity index (χ4n) is 3.71. The smallest absolute Gasteiger partial charge is 0.225 e. The van der Waals surface area contributed by atoms with E-state index in [1.165, 1.54) is 0 Å². The number of nitrogens with one attached hydrogen (secondary N) is 2. The summed E-state index contributed by atoms with van der Waals surface area (Å²) in [6.45, 7) is 2.15. The highest BCUT2D eigenvalue weighted by atomic mass is 35.5. The molecule has 2 aromatic rings. The van der Waals surface area contributed by atoms with E-state index in [4.69, 9.17) is 4.74 Å². The number of benzene rings is 1. The zero-order valence-electron chi connectivity index (χ0n) is 14.1. The van der Waals surface area contributed by atoms with Crippen molar-refractivity contribution in [1.29, 1.82) is 0 Å². The molecule has 1 saturated heterocycles. The first kappa shape index (κ1) is 17.8. The first-order valence-electron chi connectivity index (χ1n) is 8.44. The minimum atomic E-state index is -0.0655. The number of rotatable bonds is 3. The summed E-state index contributed by atoms with van der Waals surface area (Å²) < 4.78 is 7.47. The highest BCUT2D eigenvalue weighted by Crippen LogP contribution is 2.33. The Morgan fingerprint density at radius 3 is 3.00 bits per heavy atom. The Hall–Kier alpha value is -2.05. The normalized spacial score (nSPS) is 24.8. The summed E-state index contributed by atoms with van der Waals surface area (Å²) in [7, 11) is 1.90. The average molecular weight is 363 g/mol. The Morgan fingerprint density at radius 2 is 2.20 bits per heavy atom. The van der Waals surface area contributed by atoms with E-state index in [0.29, 0.717) is 13.2 Å². The molecule has 0 radical (unpaired) electrons. The van der Waals surface area contributed by atoms with Crippen molar-refractivity contribution in [1.82, 2.24) is 20.4 Å². The number of fused-ring (bicyclic) bond motifs is 1. The monoisotopic (exact) mass is 362 g/mol. The molecule has 0 bridgehead atoms. The second kappa shape index (κ2) is 7.45. The lowest BCUT2D eigenvalue weighted by atomic mass is 9.89. The average Bonchev–Trinajstić information content (AvgIpc) is 3.24. The summed E-state index contributed by atoms with van der Waals surface area (Å²) in [6.07, 6.45) is 4.67. The van der Waals surface area contributed by atoms with Gasteiger partial charge in [-0.05, 0) is 11.6 Å². The zero-order chi connectivity index (χ0) is 16.5. The maximum absolute atomic E-state index is 12.9. The molecule has 1 aromatic heterocycles. The number of hydrogen-bond donors (Lipinski definition) is 2. The molecule has 3 atom stereocenters. The van der Waals surface area contributed by atoms with Crippen molar-refractivity contribution in [3.8, 4) is 5.75 Å². The van der Waals surface area contributed by atoms with Crippen LogP contribution < -0.4 is 15.4 Å². The van der Waals surface area contributed by atoms with Crippen molar-refractivity contribution >= 4 is 18.3 Å². The topological polar surface area (TPSA) is 68.2 Å². The van der Waals surface area contributed by atoms with Crippen LogP contribution >= 0.6 is 12.4 Å². The number of aromatic nitrogens is 2. The van der Waals surface area contributed by atoms with Gasteiger partial charge in [-0.2, -0.15) is 5.10 Å². The molecular weight excluding hydrogens is 340 g/mol. The highest BCUT2D eigenvalue weighted by Gasteiger charge is 2.36. The molecular formula is C18H23ClN4O2. The third kappa shape index (κ3) is 3.50. The van der Waals surface area contributed by atoms with E-state index in [1.807, 2.05) is 43.7 Å². The molecule has 1 amide bonds. The summed E-state index contributed by atoms with van der Waals surface area (Å²) >= 11 is 0. The maximum Gasteiger partial charge on any atom is 0.225 e. The van der Waals surface area contributed by atoms with E-state index in [0.717, 1.165) is 29.8 Å². The molecule has 7 heteroatoms. The lowest BCUT2D eigenvalue weighted by Gasteiger charge is -2.28. The Bertz CT molecular complexity index is 748. The molecule has 0 spiro atoms. The van der Waals surface area contributed by atoms with Crippen LogP contribution in [0.3, 0.4) is 0 Å². The molecule has 6 nitrogen and oxygen atoms in total. The van der Waals surface area contributed by atoms with Gasteiger partial charge in [-0.3, -0.25) is 9.48 Å². The van der Waals surface area contributed by atoms with Gasteiger partial charge in [0.25, 0.3) is 0 Å². The highest BCUT2D eigenvalue weighted by molar-refractivity contribution is 5.85. The van der Waals surface area contributed by atoms with E-state index in [9.17, 15) is 4.79 Å². The number of halogens is 1. The van der Waals surface area contributed by atoms with Crippen LogP contribution in [0.2, 0.25) is 0 Å². The van der Waals surface area contributed by atoms with Crippen LogP contribution in [-0.4, -0.2) is 35.4 Å². The second-order valence-electron chi connectivity index (χ2n) is 6.55. The van der Waals surface area contributed by atoms with Gasteiger partial charge in [-0.25, -0.2) is 0 Å². The number of carbonyl (C=O) groups excluding carboxylic acids is 1. The number of hydrogen-bond acceptors (Lipinski definition) is 4. The minimum absolute atomic E-state index is 0. The molecule has 4 rings (SSSR count). The van der Waals surface area contributed by atoms with E-state index >= 15 is 0 Å². The summed E-state index contributed by atoms with van der Waals surface area (Å²) in [5.74, 6) is 1.09. The Labute approximate surface area is 153 Å². The van der Waals surface area contributed by atoms with Crippen molar-refractivity contribution in [2.24, 2.45) is 13.0 Å². The van der Waals surface area contributed by atoms with Gasteiger partial charge in [-0.15, -0.1) is 12.4 Å². The first-order chi connectivity index (χ1) is 11.7.